The van der Waals surface area contributed by atoms with E-state index in [1.165, 1.54) is 28.8 Å². The highest BCUT2D eigenvalue weighted by atomic mass is 79.9. The number of benzene rings is 3. The highest BCUT2D eigenvalue weighted by Gasteiger charge is 2.19. The van der Waals surface area contributed by atoms with E-state index in [0.717, 1.165) is 27.1 Å². The van der Waals surface area contributed by atoms with Crippen LogP contribution < -0.4 is 10.9 Å². The molecule has 0 saturated heterocycles. The normalized spacial score (nSPS) is 11.1. The van der Waals surface area contributed by atoms with Gasteiger partial charge in [0.05, 0.1) is 16.4 Å². The van der Waals surface area contributed by atoms with Crippen molar-refractivity contribution in [1.29, 1.82) is 0 Å². The molecule has 2 aromatic heterocycles. The Labute approximate surface area is 210 Å². The fraction of sp³-hybridized carbons (Fsp3) is 0.0417. The number of thioether (sulfide) groups is 1. The number of anilines is 1. The summed E-state index contributed by atoms with van der Waals surface area (Å²) in [5.74, 6) is -0.260. The van der Waals surface area contributed by atoms with Crippen LogP contribution in [0, 0.1) is 10.1 Å². The Kier molecular flexibility index (Phi) is 6.10. The van der Waals surface area contributed by atoms with Crippen molar-refractivity contribution in [2.24, 2.45) is 0 Å². The Bertz CT molecular complexity index is 1650. The van der Waals surface area contributed by atoms with E-state index >= 15 is 0 Å². The molecular weight excluding hydrogens is 534 g/mol. The molecule has 11 heteroatoms. The summed E-state index contributed by atoms with van der Waals surface area (Å²) < 4.78 is 2.26. The van der Waals surface area contributed by atoms with Crippen molar-refractivity contribution in [2.75, 3.05) is 11.1 Å². The fourth-order valence-corrected chi connectivity index (χ4v) is 4.72. The number of non-ortho nitro benzene ring substituents is 1. The average Bonchev–Trinajstić information content (AvgIpc) is 3.23. The third kappa shape index (κ3) is 4.55. The molecule has 0 unspecified atom stereocenters. The maximum absolute atomic E-state index is 13.5. The maximum Gasteiger partial charge on any atom is 0.283 e. The molecule has 2 N–H and O–H groups in total. The molecule has 0 fully saturated rings. The number of hydrogen-bond acceptors (Lipinski definition) is 6. The Hall–Kier alpha value is -3.96. The number of nitrogens with one attached hydrogen (secondary N) is 2. The lowest BCUT2D eigenvalue weighted by atomic mass is 10.2. The summed E-state index contributed by atoms with van der Waals surface area (Å²) in [7, 11) is 0. The highest BCUT2D eigenvalue weighted by Crippen LogP contribution is 2.27. The molecule has 5 aromatic rings. The first-order chi connectivity index (χ1) is 16.9. The van der Waals surface area contributed by atoms with Crippen molar-refractivity contribution in [3.63, 3.8) is 0 Å². The molecule has 2 heterocycles. The van der Waals surface area contributed by atoms with Gasteiger partial charge in [-0.15, -0.1) is 0 Å². The van der Waals surface area contributed by atoms with Crippen molar-refractivity contribution in [2.45, 2.75) is 5.16 Å². The molecule has 3 aromatic carbocycles. The van der Waals surface area contributed by atoms with E-state index < -0.39 is 4.92 Å². The van der Waals surface area contributed by atoms with E-state index in [4.69, 9.17) is 4.98 Å². The van der Waals surface area contributed by atoms with Crippen LogP contribution in [-0.4, -0.2) is 31.1 Å². The van der Waals surface area contributed by atoms with Gasteiger partial charge in [0.2, 0.25) is 5.91 Å². The first-order valence-corrected chi connectivity index (χ1v) is 12.1. The van der Waals surface area contributed by atoms with Crippen molar-refractivity contribution in [1.82, 2.24) is 14.5 Å². The van der Waals surface area contributed by atoms with Crippen LogP contribution in [-0.2, 0) is 4.79 Å². The van der Waals surface area contributed by atoms with E-state index in [1.807, 2.05) is 36.4 Å². The lowest BCUT2D eigenvalue weighted by Gasteiger charge is -2.12. The Morgan fingerprint density at radius 1 is 1.09 bits per heavy atom. The molecule has 0 aliphatic rings. The number of H-pyrrole nitrogens is 1. The second kappa shape index (κ2) is 9.35. The number of aromatic nitrogens is 3. The number of fused-ring (bicyclic) bond motifs is 3. The molecular formula is C24H16BrN5O4S. The second-order valence-electron chi connectivity index (χ2n) is 7.55. The van der Waals surface area contributed by atoms with Crippen molar-refractivity contribution >= 4 is 66.9 Å². The smallest absolute Gasteiger partial charge is 0.283 e. The lowest BCUT2D eigenvalue weighted by molar-refractivity contribution is -0.384. The van der Waals surface area contributed by atoms with Gasteiger partial charge >= 0.3 is 0 Å². The topological polar surface area (TPSA) is 123 Å². The third-order valence-corrected chi connectivity index (χ3v) is 6.74. The zero-order valence-corrected chi connectivity index (χ0v) is 20.3. The summed E-state index contributed by atoms with van der Waals surface area (Å²) in [4.78, 5) is 44.6. The summed E-state index contributed by atoms with van der Waals surface area (Å²) >= 11 is 4.47. The number of nitro benzene ring substituents is 1. The van der Waals surface area contributed by atoms with Crippen LogP contribution in [0.3, 0.4) is 0 Å². The minimum absolute atomic E-state index is 0.00332. The first kappa shape index (κ1) is 22.8. The molecule has 0 aliphatic carbocycles. The predicted molar refractivity (Wildman–Crippen MR) is 139 cm³/mol. The molecule has 0 radical (unpaired) electrons. The zero-order valence-electron chi connectivity index (χ0n) is 17.9. The summed E-state index contributed by atoms with van der Waals surface area (Å²) in [6.45, 7) is 0. The first-order valence-electron chi connectivity index (χ1n) is 10.4. The Morgan fingerprint density at radius 3 is 2.51 bits per heavy atom. The minimum atomic E-state index is -0.506. The van der Waals surface area contributed by atoms with Crippen LogP contribution in [0.25, 0.3) is 27.6 Å². The van der Waals surface area contributed by atoms with Crippen LogP contribution in [0.5, 0.6) is 0 Å². The van der Waals surface area contributed by atoms with E-state index in [-0.39, 0.29) is 22.9 Å². The highest BCUT2D eigenvalue weighted by molar-refractivity contribution is 9.10. The fourth-order valence-electron chi connectivity index (χ4n) is 3.65. The van der Waals surface area contributed by atoms with Gasteiger partial charge in [0.15, 0.2) is 5.16 Å². The Morgan fingerprint density at radius 2 is 1.80 bits per heavy atom. The van der Waals surface area contributed by atoms with Crippen LogP contribution in [0.1, 0.15) is 0 Å². The van der Waals surface area contributed by atoms with E-state index in [9.17, 15) is 19.7 Å². The quantitative estimate of drug-likeness (QED) is 0.129. The average molecular weight is 550 g/mol. The second-order valence-corrected chi connectivity index (χ2v) is 9.40. The summed E-state index contributed by atoms with van der Waals surface area (Å²) in [5.41, 5.74) is 2.17. The zero-order chi connectivity index (χ0) is 24.5. The number of nitro groups is 1. The van der Waals surface area contributed by atoms with Gasteiger partial charge in [-0.2, -0.15) is 0 Å². The van der Waals surface area contributed by atoms with Crippen molar-refractivity contribution in [3.05, 3.63) is 97.7 Å². The van der Waals surface area contributed by atoms with Gasteiger partial charge in [-0.05, 0) is 42.5 Å². The predicted octanol–water partition coefficient (Wildman–Crippen LogP) is 5.27. The van der Waals surface area contributed by atoms with Crippen LogP contribution in [0.2, 0.25) is 0 Å². The van der Waals surface area contributed by atoms with Gasteiger partial charge in [0.1, 0.15) is 11.0 Å². The minimum Gasteiger partial charge on any atom is -0.349 e. The van der Waals surface area contributed by atoms with E-state index in [1.54, 1.807) is 12.1 Å². The number of para-hydroxylation sites is 1. The van der Waals surface area contributed by atoms with Gasteiger partial charge in [0.25, 0.3) is 11.2 Å². The molecule has 35 heavy (non-hydrogen) atoms. The number of carbonyl (C=O) groups excluding carboxylic acids is 1. The molecule has 5 rings (SSSR count). The van der Waals surface area contributed by atoms with Gasteiger partial charge in [-0.3, -0.25) is 24.3 Å². The van der Waals surface area contributed by atoms with Crippen LogP contribution >= 0.6 is 27.7 Å². The molecule has 0 saturated carbocycles. The molecule has 0 atom stereocenters. The van der Waals surface area contributed by atoms with E-state index in [2.05, 4.69) is 26.2 Å². The number of rotatable bonds is 6. The standard InChI is InChI=1S/C24H16BrN5O4S/c25-14-5-7-15(8-6-14)26-20(31)13-35-24-28-21-18-3-1-2-4-19(18)27-22(21)23(32)29(24)16-9-11-17(12-10-16)30(33)34/h1-12,27H,13H2,(H,26,31). The van der Waals surface area contributed by atoms with Gasteiger partial charge in [-0.1, -0.05) is 45.9 Å². The number of aromatic amines is 1. The number of nitrogens with zero attached hydrogens (tertiary/aromatic N) is 3. The number of hydrogen-bond donors (Lipinski definition) is 2. The van der Waals surface area contributed by atoms with Crippen LogP contribution in [0.15, 0.2) is 87.2 Å². The molecule has 0 bridgehead atoms. The SMILES string of the molecule is O=C(CSc1nc2c([nH]c3ccccc32)c(=O)n1-c1ccc([N+](=O)[O-])cc1)Nc1ccc(Br)cc1. The number of carbonyl (C=O) groups is 1. The lowest BCUT2D eigenvalue weighted by Crippen LogP contribution is -2.23. The molecule has 174 valence electrons. The maximum atomic E-state index is 13.5. The van der Waals surface area contributed by atoms with Gasteiger partial charge < -0.3 is 10.3 Å². The largest absolute Gasteiger partial charge is 0.349 e. The van der Waals surface area contributed by atoms with Crippen molar-refractivity contribution in [3.8, 4) is 5.69 Å². The van der Waals surface area contributed by atoms with Gasteiger partial charge in [0, 0.05) is 33.2 Å². The third-order valence-electron chi connectivity index (χ3n) is 5.27. The molecule has 1 amide bonds. The summed E-state index contributed by atoms with van der Waals surface area (Å²) in [6, 6.07) is 20.2. The van der Waals surface area contributed by atoms with Crippen molar-refractivity contribution < 1.29 is 9.72 Å². The molecule has 9 nitrogen and oxygen atoms in total. The number of halogens is 1. The monoisotopic (exact) mass is 549 g/mol. The number of amides is 1. The van der Waals surface area contributed by atoms with Crippen LogP contribution in [0.4, 0.5) is 11.4 Å². The van der Waals surface area contributed by atoms with Gasteiger partial charge in [-0.25, -0.2) is 4.98 Å². The molecule has 0 aliphatic heterocycles. The van der Waals surface area contributed by atoms with E-state index in [0.29, 0.717) is 27.6 Å². The Balaban J connectivity index is 1.55. The summed E-state index contributed by atoms with van der Waals surface area (Å²) in [5, 5.41) is 15.0. The summed E-state index contributed by atoms with van der Waals surface area (Å²) in [6.07, 6.45) is 0. The molecule has 0 spiro atoms.